The van der Waals surface area contributed by atoms with E-state index in [1.807, 2.05) is 27.0 Å². The van der Waals surface area contributed by atoms with Crippen molar-refractivity contribution in [1.82, 2.24) is 20.3 Å². The molecule has 0 saturated heterocycles. The lowest BCUT2D eigenvalue weighted by Gasteiger charge is -2.22. The van der Waals surface area contributed by atoms with Gasteiger partial charge in [0.05, 0.1) is 22.2 Å². The Bertz CT molecular complexity index is 526. The van der Waals surface area contributed by atoms with Crippen LogP contribution in [0.3, 0.4) is 0 Å². The molecule has 0 atom stereocenters. The Kier molecular flexibility index (Phi) is 4.41. The molecule has 6 nitrogen and oxygen atoms in total. The number of sulfone groups is 1. The van der Waals surface area contributed by atoms with Gasteiger partial charge in [0.15, 0.2) is 9.84 Å². The van der Waals surface area contributed by atoms with E-state index in [9.17, 15) is 8.42 Å². The highest BCUT2D eigenvalue weighted by atomic mass is 32.2. The van der Waals surface area contributed by atoms with Crippen molar-refractivity contribution < 1.29 is 8.42 Å². The summed E-state index contributed by atoms with van der Waals surface area (Å²) < 4.78 is 24.1. The van der Waals surface area contributed by atoms with E-state index in [-0.39, 0.29) is 5.54 Å². The van der Waals surface area contributed by atoms with Crippen molar-refractivity contribution in [2.45, 2.75) is 51.4 Å². The molecule has 0 amide bonds. The lowest BCUT2D eigenvalue weighted by Crippen LogP contribution is -2.41. The van der Waals surface area contributed by atoms with Crippen LogP contribution in [0.2, 0.25) is 0 Å². The number of aromatic nitrogens is 3. The number of hydrogen-bond acceptors (Lipinski definition) is 5. The molecule has 1 aromatic rings. The highest BCUT2D eigenvalue weighted by Crippen LogP contribution is 2.14. The lowest BCUT2D eigenvalue weighted by molar-refractivity contribution is 0.347. The van der Waals surface area contributed by atoms with Gasteiger partial charge in [-0.3, -0.25) is 0 Å². The fourth-order valence-electron chi connectivity index (χ4n) is 1.33. The first-order chi connectivity index (χ1) is 8.43. The zero-order valence-corrected chi connectivity index (χ0v) is 13.4. The third-order valence-electron chi connectivity index (χ3n) is 3.09. The maximum Gasteiger partial charge on any atom is 0.153 e. The molecule has 110 valence electrons. The summed E-state index contributed by atoms with van der Waals surface area (Å²) in [6.07, 6.45) is 3.13. The Balaban J connectivity index is 2.58. The van der Waals surface area contributed by atoms with Crippen molar-refractivity contribution in [3.05, 3.63) is 11.9 Å². The largest absolute Gasteiger partial charge is 0.309 e. The van der Waals surface area contributed by atoms with Crippen LogP contribution in [0.25, 0.3) is 0 Å². The van der Waals surface area contributed by atoms with E-state index >= 15 is 0 Å². The van der Waals surface area contributed by atoms with Crippen LogP contribution in [-0.2, 0) is 21.9 Å². The molecule has 0 spiro atoms. The standard InChI is InChI=1S/C12H24N4O2S/c1-11(2,3)16-8-10(14-15-16)7-13-9-12(4,5)19(6,17)18/h8,13H,7,9H2,1-6H3. The molecule has 0 fully saturated rings. The Morgan fingerprint density at radius 2 is 1.84 bits per heavy atom. The van der Waals surface area contributed by atoms with Crippen LogP contribution in [0.1, 0.15) is 40.3 Å². The molecule has 7 heteroatoms. The molecule has 0 radical (unpaired) electrons. The fourth-order valence-corrected chi connectivity index (χ4v) is 1.69. The quantitative estimate of drug-likeness (QED) is 0.873. The van der Waals surface area contributed by atoms with E-state index in [1.54, 1.807) is 18.5 Å². The second kappa shape index (κ2) is 5.20. The predicted molar refractivity (Wildman–Crippen MR) is 75.6 cm³/mol. The van der Waals surface area contributed by atoms with Crippen LogP contribution in [0.4, 0.5) is 0 Å². The van der Waals surface area contributed by atoms with Gasteiger partial charge in [0.2, 0.25) is 0 Å². The van der Waals surface area contributed by atoms with E-state index < -0.39 is 14.6 Å². The highest BCUT2D eigenvalue weighted by molar-refractivity contribution is 7.92. The Labute approximate surface area is 115 Å². The summed E-state index contributed by atoms with van der Waals surface area (Å²) in [5, 5.41) is 11.2. The van der Waals surface area contributed by atoms with Gasteiger partial charge in [-0.2, -0.15) is 0 Å². The number of nitrogens with zero attached hydrogens (tertiary/aromatic N) is 3. The van der Waals surface area contributed by atoms with Gasteiger partial charge < -0.3 is 5.32 Å². The summed E-state index contributed by atoms with van der Waals surface area (Å²) in [6.45, 7) is 10.5. The van der Waals surface area contributed by atoms with E-state index in [1.165, 1.54) is 6.26 Å². The maximum atomic E-state index is 11.6. The van der Waals surface area contributed by atoms with Gasteiger partial charge in [-0.25, -0.2) is 13.1 Å². The molecule has 1 aromatic heterocycles. The first kappa shape index (κ1) is 16.1. The fraction of sp³-hybridized carbons (Fsp3) is 0.833. The van der Waals surface area contributed by atoms with Crippen LogP contribution in [0, 0.1) is 0 Å². The first-order valence-electron chi connectivity index (χ1n) is 6.25. The number of hydrogen-bond donors (Lipinski definition) is 1. The molecule has 0 aliphatic rings. The Morgan fingerprint density at radius 1 is 1.26 bits per heavy atom. The predicted octanol–water partition coefficient (Wildman–Crippen LogP) is 0.946. The van der Waals surface area contributed by atoms with Crippen LogP contribution in [0.15, 0.2) is 6.20 Å². The van der Waals surface area contributed by atoms with Crippen LogP contribution < -0.4 is 5.32 Å². The minimum Gasteiger partial charge on any atom is -0.309 e. The lowest BCUT2D eigenvalue weighted by atomic mass is 10.1. The van der Waals surface area contributed by atoms with Crippen LogP contribution in [-0.4, -0.2) is 41.0 Å². The molecule has 1 rings (SSSR count). The average molecular weight is 288 g/mol. The van der Waals surface area contributed by atoms with Crippen molar-refractivity contribution in [2.75, 3.05) is 12.8 Å². The molecule has 0 unspecified atom stereocenters. The Morgan fingerprint density at radius 3 is 2.26 bits per heavy atom. The number of nitrogens with one attached hydrogen (secondary N) is 1. The third kappa shape index (κ3) is 4.28. The van der Waals surface area contributed by atoms with Gasteiger partial charge in [-0.1, -0.05) is 5.21 Å². The molecule has 0 saturated carbocycles. The van der Waals surface area contributed by atoms with Crippen molar-refractivity contribution in [3.8, 4) is 0 Å². The summed E-state index contributed by atoms with van der Waals surface area (Å²) in [5.41, 5.74) is 0.705. The second-order valence-electron chi connectivity index (χ2n) is 6.46. The van der Waals surface area contributed by atoms with Gasteiger partial charge in [0, 0.05) is 19.3 Å². The third-order valence-corrected chi connectivity index (χ3v) is 5.24. The van der Waals surface area contributed by atoms with E-state index in [4.69, 9.17) is 0 Å². The van der Waals surface area contributed by atoms with Crippen molar-refractivity contribution >= 4 is 9.84 Å². The molecule has 19 heavy (non-hydrogen) atoms. The van der Waals surface area contributed by atoms with Crippen molar-refractivity contribution in [1.29, 1.82) is 0 Å². The molecular formula is C12H24N4O2S. The molecule has 0 aliphatic carbocycles. The molecule has 1 heterocycles. The molecule has 0 aromatic carbocycles. The normalized spacial score (nSPS) is 13.8. The Hall–Kier alpha value is -0.950. The second-order valence-corrected chi connectivity index (χ2v) is 9.11. The molecular weight excluding hydrogens is 264 g/mol. The number of rotatable bonds is 5. The average Bonchev–Trinajstić information content (AvgIpc) is 2.63. The molecule has 1 N–H and O–H groups in total. The maximum absolute atomic E-state index is 11.6. The van der Waals surface area contributed by atoms with Crippen molar-refractivity contribution in [3.63, 3.8) is 0 Å². The monoisotopic (exact) mass is 288 g/mol. The highest BCUT2D eigenvalue weighted by Gasteiger charge is 2.29. The summed E-state index contributed by atoms with van der Waals surface area (Å²) >= 11 is 0. The van der Waals surface area contributed by atoms with Gasteiger partial charge in [-0.15, -0.1) is 5.10 Å². The van der Waals surface area contributed by atoms with Crippen LogP contribution in [0.5, 0.6) is 0 Å². The minimum atomic E-state index is -3.08. The van der Waals surface area contributed by atoms with Gasteiger partial charge >= 0.3 is 0 Å². The van der Waals surface area contributed by atoms with Gasteiger partial charge in [-0.05, 0) is 34.6 Å². The van der Waals surface area contributed by atoms with Crippen LogP contribution >= 0.6 is 0 Å². The minimum absolute atomic E-state index is 0.0999. The van der Waals surface area contributed by atoms with Gasteiger partial charge in [0.1, 0.15) is 0 Å². The molecule has 0 bridgehead atoms. The summed E-state index contributed by atoms with van der Waals surface area (Å²) in [5.74, 6) is 0. The summed E-state index contributed by atoms with van der Waals surface area (Å²) in [7, 11) is -3.08. The zero-order valence-electron chi connectivity index (χ0n) is 12.6. The smallest absolute Gasteiger partial charge is 0.153 e. The van der Waals surface area contributed by atoms with Crippen molar-refractivity contribution in [2.24, 2.45) is 0 Å². The summed E-state index contributed by atoms with van der Waals surface area (Å²) in [4.78, 5) is 0. The van der Waals surface area contributed by atoms with E-state index in [0.29, 0.717) is 13.1 Å². The topological polar surface area (TPSA) is 76.9 Å². The molecule has 0 aliphatic heterocycles. The van der Waals surface area contributed by atoms with Gasteiger partial charge in [0.25, 0.3) is 0 Å². The van der Waals surface area contributed by atoms with E-state index in [0.717, 1.165) is 5.69 Å². The van der Waals surface area contributed by atoms with E-state index in [2.05, 4.69) is 15.6 Å². The SMILES string of the molecule is CC(C)(C)n1cc(CNCC(C)(C)S(C)(=O)=O)nn1. The zero-order chi connectivity index (χ0) is 14.9. The summed E-state index contributed by atoms with van der Waals surface area (Å²) in [6, 6.07) is 0. The first-order valence-corrected chi connectivity index (χ1v) is 8.15.